The summed E-state index contributed by atoms with van der Waals surface area (Å²) in [6.45, 7) is 0.534. The van der Waals surface area contributed by atoms with Gasteiger partial charge in [-0.25, -0.2) is 4.98 Å². The zero-order valence-electron chi connectivity index (χ0n) is 13.4. The minimum absolute atomic E-state index is 0. The predicted molar refractivity (Wildman–Crippen MR) is 102 cm³/mol. The van der Waals surface area contributed by atoms with E-state index in [2.05, 4.69) is 26.2 Å². The molecular weight excluding hydrogens is 394 g/mol. The molecule has 3 N–H and O–H groups in total. The second kappa shape index (κ2) is 10.3. The van der Waals surface area contributed by atoms with Gasteiger partial charge in [0.05, 0.1) is 11.9 Å². The average Bonchev–Trinajstić information content (AvgIpc) is 2.53. The van der Waals surface area contributed by atoms with Crippen molar-refractivity contribution in [3.05, 3.63) is 52.6 Å². The summed E-state index contributed by atoms with van der Waals surface area (Å²) in [6.07, 6.45) is 2.86. The monoisotopic (exact) mass is 413 g/mol. The number of carbonyl (C=O) groups excluding carboxylic acids is 1. The number of nitrogens with zero attached hydrogens (tertiary/aromatic N) is 1. The number of hydrogen-bond donors (Lipinski definition) is 2. The molecule has 0 aliphatic carbocycles. The van der Waals surface area contributed by atoms with Crippen molar-refractivity contribution in [1.29, 1.82) is 0 Å². The summed E-state index contributed by atoms with van der Waals surface area (Å²) >= 11 is 3.46. The zero-order chi connectivity index (χ0) is 16.7. The van der Waals surface area contributed by atoms with Gasteiger partial charge in [-0.1, -0.05) is 28.1 Å². The van der Waals surface area contributed by atoms with E-state index in [0.717, 1.165) is 10.0 Å². The molecule has 5 nitrogen and oxygen atoms in total. The molecule has 2 rings (SSSR count). The number of methoxy groups -OCH3 is 1. The number of benzene rings is 1. The van der Waals surface area contributed by atoms with E-state index in [-0.39, 0.29) is 24.2 Å². The first-order valence-electron chi connectivity index (χ1n) is 7.34. The van der Waals surface area contributed by atoms with Gasteiger partial charge in [-0.3, -0.25) is 4.79 Å². The number of nitrogen functional groups attached to an aromatic ring is 1. The number of hydrogen-bond acceptors (Lipinski definition) is 4. The van der Waals surface area contributed by atoms with E-state index in [1.165, 1.54) is 0 Å². The van der Waals surface area contributed by atoms with Crippen molar-refractivity contribution in [1.82, 2.24) is 4.98 Å². The smallest absolute Gasteiger partial charge is 0.227 e. The van der Waals surface area contributed by atoms with E-state index in [0.29, 0.717) is 31.0 Å². The van der Waals surface area contributed by atoms with Crippen LogP contribution in [0.2, 0.25) is 0 Å². The lowest BCUT2D eigenvalue weighted by molar-refractivity contribution is -0.120. The van der Waals surface area contributed by atoms with Crippen LogP contribution in [0.15, 0.2) is 47.1 Å². The number of rotatable bonds is 7. The first-order chi connectivity index (χ1) is 11.1. The van der Waals surface area contributed by atoms with Crippen LogP contribution in [0.5, 0.6) is 0 Å². The highest BCUT2D eigenvalue weighted by atomic mass is 79.9. The first kappa shape index (κ1) is 20.4. The molecule has 0 saturated heterocycles. The Hall–Kier alpha value is -1.63. The maximum atomic E-state index is 12.6. The highest BCUT2D eigenvalue weighted by Crippen LogP contribution is 2.19. The van der Waals surface area contributed by atoms with Crippen LogP contribution in [0, 0.1) is 5.92 Å². The Balaban J connectivity index is 0.00000288. The van der Waals surface area contributed by atoms with E-state index < -0.39 is 0 Å². The molecule has 1 aromatic heterocycles. The standard InChI is InChI=1S/C17H20BrN3O2.ClH/c1-23-8-7-13(9-12-3-2-4-14(18)10-12)17(22)21-15-5-6-16(19)20-11-15;/h2-6,10-11,13H,7-9H2,1H3,(H2,19,20)(H,21,22);1H. The molecule has 0 spiro atoms. The lowest BCUT2D eigenvalue weighted by Gasteiger charge is -2.17. The van der Waals surface area contributed by atoms with Crippen molar-refractivity contribution >= 4 is 45.7 Å². The maximum absolute atomic E-state index is 12.6. The Morgan fingerprint density at radius 1 is 1.38 bits per heavy atom. The lowest BCUT2D eigenvalue weighted by Crippen LogP contribution is -2.26. The van der Waals surface area contributed by atoms with Crippen LogP contribution in [-0.4, -0.2) is 24.6 Å². The van der Waals surface area contributed by atoms with Crippen molar-refractivity contribution in [2.24, 2.45) is 5.92 Å². The van der Waals surface area contributed by atoms with Crippen LogP contribution in [0.25, 0.3) is 0 Å². The number of pyridine rings is 1. The quantitative estimate of drug-likeness (QED) is 0.724. The van der Waals surface area contributed by atoms with Gasteiger partial charge in [0.25, 0.3) is 0 Å². The highest BCUT2D eigenvalue weighted by molar-refractivity contribution is 9.10. The first-order valence-corrected chi connectivity index (χ1v) is 8.13. The second-order valence-electron chi connectivity index (χ2n) is 5.27. The van der Waals surface area contributed by atoms with Crippen LogP contribution < -0.4 is 11.1 Å². The van der Waals surface area contributed by atoms with Crippen molar-refractivity contribution in [2.75, 3.05) is 24.8 Å². The topological polar surface area (TPSA) is 77.2 Å². The lowest BCUT2D eigenvalue weighted by atomic mass is 9.95. The minimum atomic E-state index is -0.179. The summed E-state index contributed by atoms with van der Waals surface area (Å²) in [4.78, 5) is 16.5. The van der Waals surface area contributed by atoms with Gasteiger partial charge >= 0.3 is 0 Å². The van der Waals surface area contributed by atoms with Crippen LogP contribution in [0.3, 0.4) is 0 Å². The number of ether oxygens (including phenoxy) is 1. The van der Waals surface area contributed by atoms with Crippen LogP contribution in [0.1, 0.15) is 12.0 Å². The van der Waals surface area contributed by atoms with E-state index >= 15 is 0 Å². The summed E-state index contributed by atoms with van der Waals surface area (Å²) in [6, 6.07) is 11.4. The molecule has 0 aliphatic rings. The number of carbonyl (C=O) groups is 1. The summed E-state index contributed by atoms with van der Waals surface area (Å²) < 4.78 is 6.14. The molecule has 7 heteroatoms. The molecule has 0 saturated carbocycles. The SMILES string of the molecule is COCCC(Cc1cccc(Br)c1)C(=O)Nc1ccc(N)nc1.Cl. The van der Waals surface area contributed by atoms with Gasteiger partial charge in [-0.2, -0.15) is 0 Å². The molecule has 0 radical (unpaired) electrons. The highest BCUT2D eigenvalue weighted by Gasteiger charge is 2.19. The van der Waals surface area contributed by atoms with Crippen LogP contribution in [0.4, 0.5) is 11.5 Å². The molecule has 2 aromatic rings. The zero-order valence-corrected chi connectivity index (χ0v) is 15.8. The maximum Gasteiger partial charge on any atom is 0.227 e. The predicted octanol–water partition coefficient (Wildman–Crippen LogP) is 3.68. The fourth-order valence-electron chi connectivity index (χ4n) is 2.26. The Kier molecular flexibility index (Phi) is 8.74. The van der Waals surface area contributed by atoms with Crippen LogP contribution in [-0.2, 0) is 16.0 Å². The Bertz CT molecular complexity index is 653. The van der Waals surface area contributed by atoms with Gasteiger partial charge in [-0.15, -0.1) is 12.4 Å². The molecule has 1 heterocycles. The number of halogens is 2. The average molecular weight is 415 g/mol. The second-order valence-corrected chi connectivity index (χ2v) is 6.19. The molecule has 0 bridgehead atoms. The molecule has 0 aliphatic heterocycles. The largest absolute Gasteiger partial charge is 0.385 e. The molecule has 0 fully saturated rings. The van der Waals surface area contributed by atoms with E-state index in [4.69, 9.17) is 10.5 Å². The van der Waals surface area contributed by atoms with Gasteiger partial charge in [0.1, 0.15) is 5.82 Å². The summed E-state index contributed by atoms with van der Waals surface area (Å²) in [7, 11) is 1.64. The third-order valence-electron chi connectivity index (χ3n) is 3.47. The van der Waals surface area contributed by atoms with Gasteiger partial charge in [0, 0.05) is 24.1 Å². The van der Waals surface area contributed by atoms with E-state index in [1.54, 1.807) is 25.4 Å². The van der Waals surface area contributed by atoms with Crippen molar-refractivity contribution in [3.8, 4) is 0 Å². The molecule has 1 amide bonds. The molecule has 1 atom stereocenters. The van der Waals surface area contributed by atoms with Gasteiger partial charge < -0.3 is 15.8 Å². The molecule has 1 aromatic carbocycles. The summed E-state index contributed by atoms with van der Waals surface area (Å²) in [5.74, 6) is 0.198. The van der Waals surface area contributed by atoms with Gasteiger partial charge in [-0.05, 0) is 42.7 Å². The number of anilines is 2. The Labute approximate surface area is 156 Å². The Morgan fingerprint density at radius 3 is 2.79 bits per heavy atom. The summed E-state index contributed by atoms with van der Waals surface area (Å²) in [5, 5.41) is 2.89. The minimum Gasteiger partial charge on any atom is -0.385 e. The third kappa shape index (κ3) is 6.47. The number of amides is 1. The fraction of sp³-hybridized carbons (Fsp3) is 0.294. The Morgan fingerprint density at radius 2 is 2.17 bits per heavy atom. The van der Waals surface area contributed by atoms with E-state index in [1.807, 2.05) is 24.3 Å². The molecule has 1 unspecified atom stereocenters. The number of nitrogens with two attached hydrogens (primary N) is 1. The fourth-order valence-corrected chi connectivity index (χ4v) is 2.70. The number of nitrogens with one attached hydrogen (secondary N) is 1. The molecule has 130 valence electrons. The van der Waals surface area contributed by atoms with Crippen LogP contribution >= 0.6 is 28.3 Å². The number of aromatic nitrogens is 1. The normalized spacial score (nSPS) is 11.4. The van der Waals surface area contributed by atoms with Crippen molar-refractivity contribution in [3.63, 3.8) is 0 Å². The molecule has 24 heavy (non-hydrogen) atoms. The van der Waals surface area contributed by atoms with Gasteiger partial charge in [0.15, 0.2) is 0 Å². The third-order valence-corrected chi connectivity index (χ3v) is 3.96. The van der Waals surface area contributed by atoms with Crippen molar-refractivity contribution < 1.29 is 9.53 Å². The van der Waals surface area contributed by atoms with Gasteiger partial charge in [0.2, 0.25) is 5.91 Å². The summed E-state index contributed by atoms with van der Waals surface area (Å²) in [5.41, 5.74) is 7.30. The van der Waals surface area contributed by atoms with Crippen molar-refractivity contribution in [2.45, 2.75) is 12.8 Å². The van der Waals surface area contributed by atoms with E-state index in [9.17, 15) is 4.79 Å². The molecular formula is C17H21BrClN3O2.